The van der Waals surface area contributed by atoms with Gasteiger partial charge in [-0.2, -0.15) is 5.10 Å². The van der Waals surface area contributed by atoms with E-state index in [-0.39, 0.29) is 18.0 Å². The van der Waals surface area contributed by atoms with E-state index >= 15 is 0 Å². The van der Waals surface area contributed by atoms with E-state index in [0.29, 0.717) is 0 Å². The molecule has 0 aliphatic carbocycles. The van der Waals surface area contributed by atoms with E-state index in [0.717, 1.165) is 37.1 Å². The number of ether oxygens (including phenoxy) is 1. The smallest absolute Gasteiger partial charge is 0.123 e. The second-order valence-corrected chi connectivity index (χ2v) is 5.85. The van der Waals surface area contributed by atoms with E-state index in [1.807, 2.05) is 25.5 Å². The minimum absolute atomic E-state index is 0.0525. The minimum Gasteiger partial charge on any atom is -0.372 e. The number of rotatable bonds is 5. The number of benzene rings is 1. The van der Waals surface area contributed by atoms with Crippen molar-refractivity contribution in [1.82, 2.24) is 15.1 Å². The van der Waals surface area contributed by atoms with Gasteiger partial charge in [0.1, 0.15) is 11.9 Å². The first-order chi connectivity index (χ1) is 11.2. The third-order valence-electron chi connectivity index (χ3n) is 4.05. The molecule has 4 nitrogen and oxygen atoms in total. The number of aromatic nitrogens is 2. The molecule has 0 bridgehead atoms. The van der Waals surface area contributed by atoms with Gasteiger partial charge >= 0.3 is 0 Å². The molecule has 1 aromatic heterocycles. The van der Waals surface area contributed by atoms with Crippen molar-refractivity contribution in [2.45, 2.75) is 25.0 Å². The predicted molar refractivity (Wildman–Crippen MR) is 88.4 cm³/mol. The maximum Gasteiger partial charge on any atom is 0.123 e. The molecular formula is C18H22FN3O. The van der Waals surface area contributed by atoms with Crippen LogP contribution in [0.4, 0.5) is 4.39 Å². The van der Waals surface area contributed by atoms with E-state index in [9.17, 15) is 4.39 Å². The van der Waals surface area contributed by atoms with Gasteiger partial charge in [0.15, 0.2) is 0 Å². The second-order valence-electron chi connectivity index (χ2n) is 5.85. The molecule has 0 saturated carbocycles. The molecule has 1 aliphatic rings. The van der Waals surface area contributed by atoms with Crippen LogP contribution in [0.25, 0.3) is 6.08 Å². The quantitative estimate of drug-likeness (QED) is 0.921. The molecule has 3 rings (SSSR count). The zero-order valence-electron chi connectivity index (χ0n) is 13.3. The first kappa shape index (κ1) is 15.9. The Morgan fingerprint density at radius 3 is 2.96 bits per heavy atom. The summed E-state index contributed by atoms with van der Waals surface area (Å²) in [5, 5.41) is 7.77. The lowest BCUT2D eigenvalue weighted by atomic mass is 9.98. The molecule has 1 aromatic carbocycles. The molecule has 0 amide bonds. The average molecular weight is 315 g/mol. The third kappa shape index (κ3) is 4.27. The SMILES string of the molecule is Cn1cc([C@H]2OCCC[C@@H]2NC/C=C/c2ccc(F)cc2)cn1. The Labute approximate surface area is 136 Å². The summed E-state index contributed by atoms with van der Waals surface area (Å²) in [5.74, 6) is -0.209. The summed E-state index contributed by atoms with van der Waals surface area (Å²) >= 11 is 0. The second kappa shape index (κ2) is 7.53. The summed E-state index contributed by atoms with van der Waals surface area (Å²) in [7, 11) is 1.92. The van der Waals surface area contributed by atoms with Gasteiger partial charge in [-0.15, -0.1) is 0 Å². The van der Waals surface area contributed by atoms with Gasteiger partial charge in [-0.05, 0) is 30.5 Å². The van der Waals surface area contributed by atoms with Gasteiger partial charge in [-0.25, -0.2) is 4.39 Å². The average Bonchev–Trinajstić information content (AvgIpc) is 3.00. The lowest BCUT2D eigenvalue weighted by molar-refractivity contribution is -0.00969. The molecule has 5 heteroatoms. The summed E-state index contributed by atoms with van der Waals surface area (Å²) in [6, 6.07) is 6.77. The summed E-state index contributed by atoms with van der Waals surface area (Å²) in [4.78, 5) is 0. The molecule has 1 aliphatic heterocycles. The van der Waals surface area contributed by atoms with Gasteiger partial charge in [0.05, 0.1) is 6.20 Å². The fourth-order valence-electron chi connectivity index (χ4n) is 2.89. The molecule has 23 heavy (non-hydrogen) atoms. The van der Waals surface area contributed by atoms with Crippen LogP contribution in [0, 0.1) is 5.82 Å². The van der Waals surface area contributed by atoms with Crippen LogP contribution in [0.3, 0.4) is 0 Å². The fourth-order valence-corrected chi connectivity index (χ4v) is 2.89. The van der Waals surface area contributed by atoms with Crippen LogP contribution in [0.2, 0.25) is 0 Å². The Morgan fingerprint density at radius 1 is 1.39 bits per heavy atom. The van der Waals surface area contributed by atoms with Gasteiger partial charge in [0.25, 0.3) is 0 Å². The van der Waals surface area contributed by atoms with Crippen LogP contribution in [-0.2, 0) is 11.8 Å². The molecule has 0 radical (unpaired) electrons. The van der Waals surface area contributed by atoms with E-state index < -0.39 is 0 Å². The van der Waals surface area contributed by atoms with Gasteiger partial charge < -0.3 is 10.1 Å². The molecule has 2 aromatic rings. The molecule has 1 N–H and O–H groups in total. The highest BCUT2D eigenvalue weighted by atomic mass is 19.1. The summed E-state index contributed by atoms with van der Waals surface area (Å²) < 4.78 is 20.6. The maximum absolute atomic E-state index is 12.9. The van der Waals surface area contributed by atoms with Crippen molar-refractivity contribution in [2.24, 2.45) is 7.05 Å². The Morgan fingerprint density at radius 2 is 2.22 bits per heavy atom. The van der Waals surface area contributed by atoms with Gasteiger partial charge in [0.2, 0.25) is 0 Å². The highest BCUT2D eigenvalue weighted by Gasteiger charge is 2.27. The molecular weight excluding hydrogens is 293 g/mol. The fraction of sp³-hybridized carbons (Fsp3) is 0.389. The van der Waals surface area contributed by atoms with Crippen LogP contribution in [0.5, 0.6) is 0 Å². The van der Waals surface area contributed by atoms with Crippen molar-refractivity contribution in [3.8, 4) is 0 Å². The van der Waals surface area contributed by atoms with E-state index in [1.165, 1.54) is 12.1 Å². The first-order valence-corrected chi connectivity index (χ1v) is 7.98. The first-order valence-electron chi connectivity index (χ1n) is 7.98. The number of hydrogen-bond donors (Lipinski definition) is 1. The lowest BCUT2D eigenvalue weighted by Gasteiger charge is -2.31. The van der Waals surface area contributed by atoms with Crippen LogP contribution in [0.1, 0.15) is 30.1 Å². The van der Waals surface area contributed by atoms with Crippen molar-refractivity contribution in [2.75, 3.05) is 13.2 Å². The third-order valence-corrected chi connectivity index (χ3v) is 4.05. The number of nitrogens with zero attached hydrogens (tertiary/aromatic N) is 2. The Kier molecular flexibility index (Phi) is 5.20. The summed E-state index contributed by atoms with van der Waals surface area (Å²) in [5.41, 5.74) is 2.11. The monoisotopic (exact) mass is 315 g/mol. The topological polar surface area (TPSA) is 39.1 Å². The van der Waals surface area contributed by atoms with E-state index in [1.54, 1.807) is 16.8 Å². The van der Waals surface area contributed by atoms with E-state index in [2.05, 4.69) is 16.5 Å². The molecule has 2 atom stereocenters. The highest BCUT2D eigenvalue weighted by Crippen LogP contribution is 2.27. The van der Waals surface area contributed by atoms with Crippen molar-refractivity contribution >= 4 is 6.08 Å². The normalized spacial score (nSPS) is 21.8. The van der Waals surface area contributed by atoms with Crippen molar-refractivity contribution in [1.29, 1.82) is 0 Å². The van der Waals surface area contributed by atoms with Crippen molar-refractivity contribution in [3.05, 3.63) is 59.7 Å². The number of hydrogen-bond acceptors (Lipinski definition) is 3. The van der Waals surface area contributed by atoms with E-state index in [4.69, 9.17) is 4.74 Å². The van der Waals surface area contributed by atoms with Gasteiger partial charge in [-0.1, -0.05) is 24.3 Å². The Bertz CT molecular complexity index is 651. The molecule has 0 unspecified atom stereocenters. The Hall–Kier alpha value is -1.98. The molecule has 2 heterocycles. The van der Waals surface area contributed by atoms with Crippen LogP contribution in [0.15, 0.2) is 42.7 Å². The minimum atomic E-state index is -0.209. The molecule has 1 fully saturated rings. The highest BCUT2D eigenvalue weighted by molar-refractivity contribution is 5.48. The summed E-state index contributed by atoms with van der Waals surface area (Å²) in [6.07, 6.45) is 10.1. The van der Waals surface area contributed by atoms with Crippen LogP contribution < -0.4 is 5.32 Å². The Balaban J connectivity index is 1.56. The number of nitrogens with one attached hydrogen (secondary N) is 1. The van der Waals surface area contributed by atoms with Gasteiger partial charge in [0, 0.05) is 38.0 Å². The largest absolute Gasteiger partial charge is 0.372 e. The predicted octanol–water partition coefficient (Wildman–Crippen LogP) is 3.08. The van der Waals surface area contributed by atoms with Crippen molar-refractivity contribution < 1.29 is 9.13 Å². The lowest BCUT2D eigenvalue weighted by Crippen LogP contribution is -2.39. The van der Waals surface area contributed by atoms with Crippen molar-refractivity contribution in [3.63, 3.8) is 0 Å². The zero-order chi connectivity index (χ0) is 16.1. The summed E-state index contributed by atoms with van der Waals surface area (Å²) in [6.45, 7) is 1.55. The van der Waals surface area contributed by atoms with Gasteiger partial charge in [-0.3, -0.25) is 4.68 Å². The standard InChI is InChI=1S/C18H22FN3O/c1-22-13-15(12-21-22)18-17(5-3-11-23-18)20-10-2-4-14-6-8-16(19)9-7-14/h2,4,6-9,12-13,17-18,20H,3,5,10-11H2,1H3/b4-2+/t17-,18+/m0/s1. The molecule has 122 valence electrons. The zero-order valence-corrected chi connectivity index (χ0v) is 13.3. The molecule has 1 saturated heterocycles. The molecule has 0 spiro atoms. The maximum atomic E-state index is 12.9. The number of aryl methyl sites for hydroxylation is 1. The number of halogens is 1. The van der Waals surface area contributed by atoms with Crippen LogP contribution >= 0.6 is 0 Å². The van der Waals surface area contributed by atoms with Crippen LogP contribution in [-0.4, -0.2) is 29.0 Å².